The zero-order valence-corrected chi connectivity index (χ0v) is 6.90. The summed E-state index contributed by atoms with van der Waals surface area (Å²) in [6.45, 7) is -1.17. The summed E-state index contributed by atoms with van der Waals surface area (Å²) < 4.78 is 12.6. The number of H-pyrrole nitrogens is 1. The van der Waals surface area contributed by atoms with Crippen molar-refractivity contribution < 1.29 is 9.31 Å². The second-order valence-electron chi connectivity index (χ2n) is 2.41. The Labute approximate surface area is 76.0 Å². The number of aromatic nitrogens is 2. The SMILES string of the molecule is O=c1[nH]c(=O)n(CCF)cc1[N+](=O)[O-]. The van der Waals surface area contributed by atoms with Crippen molar-refractivity contribution in [3.8, 4) is 0 Å². The molecule has 0 aliphatic heterocycles. The first-order valence-electron chi connectivity index (χ1n) is 3.60. The Balaban J connectivity index is 3.35. The molecule has 8 heteroatoms. The van der Waals surface area contributed by atoms with E-state index in [1.807, 2.05) is 0 Å². The van der Waals surface area contributed by atoms with Gasteiger partial charge in [-0.1, -0.05) is 0 Å². The van der Waals surface area contributed by atoms with Gasteiger partial charge in [0.15, 0.2) is 0 Å². The van der Waals surface area contributed by atoms with Gasteiger partial charge in [-0.3, -0.25) is 24.5 Å². The van der Waals surface area contributed by atoms with Crippen molar-refractivity contribution in [3.63, 3.8) is 0 Å². The molecular weight excluding hydrogens is 197 g/mol. The average Bonchev–Trinajstić information content (AvgIpc) is 2.09. The molecule has 0 radical (unpaired) electrons. The molecule has 0 atom stereocenters. The Kier molecular flexibility index (Phi) is 2.75. The molecule has 0 aliphatic rings. The fraction of sp³-hybridized carbons (Fsp3) is 0.333. The van der Waals surface area contributed by atoms with E-state index in [-0.39, 0.29) is 6.54 Å². The summed E-state index contributed by atoms with van der Waals surface area (Å²) in [6, 6.07) is 0. The standard InChI is InChI=1S/C6H6FN3O4/c7-1-2-9-3-4(10(13)14)5(11)8-6(9)12/h3H,1-2H2,(H,8,11,12). The highest BCUT2D eigenvalue weighted by Crippen LogP contribution is 1.98. The van der Waals surface area contributed by atoms with Crippen molar-refractivity contribution in [1.29, 1.82) is 0 Å². The molecule has 0 spiro atoms. The van der Waals surface area contributed by atoms with Gasteiger partial charge in [0, 0.05) is 0 Å². The van der Waals surface area contributed by atoms with Gasteiger partial charge in [-0.25, -0.2) is 9.18 Å². The van der Waals surface area contributed by atoms with Crippen LogP contribution in [-0.2, 0) is 6.54 Å². The Morgan fingerprint density at radius 1 is 1.57 bits per heavy atom. The molecule has 76 valence electrons. The molecule has 0 saturated carbocycles. The highest BCUT2D eigenvalue weighted by molar-refractivity contribution is 5.20. The summed E-state index contributed by atoms with van der Waals surface area (Å²) in [5, 5.41) is 10.3. The first-order chi connectivity index (χ1) is 6.56. The molecule has 1 heterocycles. The third-order valence-corrected chi connectivity index (χ3v) is 1.51. The summed E-state index contributed by atoms with van der Waals surface area (Å²) in [4.78, 5) is 32.8. The highest BCUT2D eigenvalue weighted by atomic mass is 19.1. The number of alkyl halides is 1. The maximum absolute atomic E-state index is 11.9. The van der Waals surface area contributed by atoms with Crippen LogP contribution in [0.25, 0.3) is 0 Å². The van der Waals surface area contributed by atoms with Gasteiger partial charge in [-0.2, -0.15) is 0 Å². The van der Waals surface area contributed by atoms with E-state index in [0.29, 0.717) is 0 Å². The van der Waals surface area contributed by atoms with Gasteiger partial charge in [0.1, 0.15) is 6.67 Å². The summed E-state index contributed by atoms with van der Waals surface area (Å²) in [5.41, 5.74) is -2.73. The molecule has 0 saturated heterocycles. The topological polar surface area (TPSA) is 98.0 Å². The predicted molar refractivity (Wildman–Crippen MR) is 44.0 cm³/mol. The molecule has 1 aromatic rings. The number of halogens is 1. The molecule has 1 aromatic heterocycles. The zero-order valence-electron chi connectivity index (χ0n) is 6.90. The molecule has 1 rings (SSSR count). The molecule has 1 N–H and O–H groups in total. The molecule has 0 aromatic carbocycles. The van der Waals surface area contributed by atoms with Crippen LogP contribution >= 0.6 is 0 Å². The first kappa shape index (κ1) is 10.1. The highest BCUT2D eigenvalue weighted by Gasteiger charge is 2.14. The molecule has 14 heavy (non-hydrogen) atoms. The lowest BCUT2D eigenvalue weighted by Crippen LogP contribution is -2.31. The fourth-order valence-electron chi connectivity index (χ4n) is 0.885. The van der Waals surface area contributed by atoms with Crippen molar-refractivity contribution in [1.82, 2.24) is 9.55 Å². The maximum atomic E-state index is 11.9. The Hall–Kier alpha value is -1.99. The number of nitro groups is 1. The quantitative estimate of drug-likeness (QED) is 0.524. The maximum Gasteiger partial charge on any atom is 0.350 e. The lowest BCUT2D eigenvalue weighted by atomic mass is 10.5. The summed E-state index contributed by atoms with van der Waals surface area (Å²) in [5.74, 6) is 0. The van der Waals surface area contributed by atoms with E-state index in [0.717, 1.165) is 10.8 Å². The number of aryl methyl sites for hydroxylation is 1. The van der Waals surface area contributed by atoms with E-state index < -0.39 is 28.5 Å². The lowest BCUT2D eigenvalue weighted by Gasteiger charge is -1.99. The van der Waals surface area contributed by atoms with Gasteiger partial charge in [-0.05, 0) is 0 Å². The molecule has 0 fully saturated rings. The van der Waals surface area contributed by atoms with Crippen molar-refractivity contribution in [2.24, 2.45) is 0 Å². The van der Waals surface area contributed by atoms with Crippen molar-refractivity contribution in [2.45, 2.75) is 6.54 Å². The van der Waals surface area contributed by atoms with E-state index in [9.17, 15) is 24.1 Å². The number of nitrogens with one attached hydrogen (secondary N) is 1. The van der Waals surface area contributed by atoms with Crippen LogP contribution in [0.3, 0.4) is 0 Å². The van der Waals surface area contributed by atoms with Crippen molar-refractivity contribution in [3.05, 3.63) is 37.1 Å². The van der Waals surface area contributed by atoms with Crippen molar-refractivity contribution >= 4 is 5.69 Å². The van der Waals surface area contributed by atoms with E-state index in [2.05, 4.69) is 0 Å². The third kappa shape index (κ3) is 1.84. The van der Waals surface area contributed by atoms with Crippen LogP contribution < -0.4 is 11.2 Å². The monoisotopic (exact) mass is 203 g/mol. The van der Waals surface area contributed by atoms with Crippen molar-refractivity contribution in [2.75, 3.05) is 6.67 Å². The summed E-state index contributed by atoms with van der Waals surface area (Å²) in [6.07, 6.45) is 0.723. The molecule has 0 aliphatic carbocycles. The summed E-state index contributed by atoms with van der Waals surface area (Å²) >= 11 is 0. The largest absolute Gasteiger partial charge is 0.350 e. The normalized spacial score (nSPS) is 10.1. The first-order valence-corrected chi connectivity index (χ1v) is 3.60. The lowest BCUT2D eigenvalue weighted by molar-refractivity contribution is -0.386. The number of nitrogens with zero attached hydrogens (tertiary/aromatic N) is 2. The Bertz CT molecular complexity index is 463. The van der Waals surface area contributed by atoms with Crippen LogP contribution in [0.4, 0.5) is 10.1 Å². The van der Waals surface area contributed by atoms with Crippen LogP contribution in [-0.4, -0.2) is 21.1 Å². The summed E-state index contributed by atoms with van der Waals surface area (Å²) in [7, 11) is 0. The van der Waals surface area contributed by atoms with Crippen LogP contribution in [0.5, 0.6) is 0 Å². The average molecular weight is 203 g/mol. The molecule has 0 bridgehead atoms. The predicted octanol–water partition coefficient (Wildman–Crippen LogP) is -0.586. The molecule has 0 unspecified atom stereocenters. The van der Waals surface area contributed by atoms with Crippen LogP contribution in [0.15, 0.2) is 15.8 Å². The second kappa shape index (κ2) is 3.81. The second-order valence-corrected chi connectivity index (χ2v) is 2.41. The zero-order chi connectivity index (χ0) is 10.7. The number of hydrogen-bond acceptors (Lipinski definition) is 4. The fourth-order valence-corrected chi connectivity index (χ4v) is 0.885. The smallest absolute Gasteiger partial charge is 0.291 e. The Morgan fingerprint density at radius 3 is 2.71 bits per heavy atom. The van der Waals surface area contributed by atoms with Crippen LogP contribution in [0, 0.1) is 10.1 Å². The molecule has 7 nitrogen and oxygen atoms in total. The molecule has 0 amide bonds. The van der Waals surface area contributed by atoms with Gasteiger partial charge in [0.25, 0.3) is 0 Å². The number of hydrogen-bond donors (Lipinski definition) is 1. The van der Waals surface area contributed by atoms with E-state index in [1.54, 1.807) is 4.98 Å². The van der Waals surface area contributed by atoms with Gasteiger partial charge in [-0.15, -0.1) is 0 Å². The van der Waals surface area contributed by atoms with Gasteiger partial charge >= 0.3 is 16.9 Å². The van der Waals surface area contributed by atoms with E-state index >= 15 is 0 Å². The van der Waals surface area contributed by atoms with Gasteiger partial charge in [0.2, 0.25) is 0 Å². The van der Waals surface area contributed by atoms with Gasteiger partial charge in [0.05, 0.1) is 17.7 Å². The van der Waals surface area contributed by atoms with Gasteiger partial charge < -0.3 is 0 Å². The minimum atomic E-state index is -1.09. The van der Waals surface area contributed by atoms with E-state index in [1.165, 1.54) is 0 Å². The van der Waals surface area contributed by atoms with Crippen LogP contribution in [0.2, 0.25) is 0 Å². The minimum absolute atomic E-state index is 0.323. The van der Waals surface area contributed by atoms with Crippen LogP contribution in [0.1, 0.15) is 0 Å². The van der Waals surface area contributed by atoms with E-state index in [4.69, 9.17) is 0 Å². The molecular formula is C6H6FN3O4. The minimum Gasteiger partial charge on any atom is -0.291 e. The third-order valence-electron chi connectivity index (χ3n) is 1.51. The number of aromatic amines is 1. The number of rotatable bonds is 3. The Morgan fingerprint density at radius 2 is 2.21 bits per heavy atom.